The number of amides is 2. The number of rotatable bonds is 4. The van der Waals surface area contributed by atoms with Crippen LogP contribution in [0.2, 0.25) is 0 Å². The number of hydrogen-bond donors (Lipinski definition) is 2. The number of carboxylic acids is 1. The highest BCUT2D eigenvalue weighted by Gasteiger charge is 2.21. The summed E-state index contributed by atoms with van der Waals surface area (Å²) in [7, 11) is 0. The zero-order chi connectivity index (χ0) is 15.2. The third kappa shape index (κ3) is 4.08. The van der Waals surface area contributed by atoms with E-state index < -0.39 is 11.8 Å². The van der Waals surface area contributed by atoms with E-state index in [1.54, 1.807) is 12.1 Å². The minimum absolute atomic E-state index is 0.000846. The molecule has 6 nitrogen and oxygen atoms in total. The molecule has 0 saturated heterocycles. The molecule has 0 atom stereocenters. The molecule has 2 rings (SSSR count). The van der Waals surface area contributed by atoms with Gasteiger partial charge >= 0.3 is 12.0 Å². The number of benzene rings is 1. The van der Waals surface area contributed by atoms with Crippen molar-refractivity contribution in [3.63, 3.8) is 0 Å². The van der Waals surface area contributed by atoms with Crippen LogP contribution in [0.4, 0.5) is 9.18 Å². The molecule has 7 heteroatoms. The van der Waals surface area contributed by atoms with E-state index in [9.17, 15) is 14.0 Å². The monoisotopic (exact) mass is 296 g/mol. The lowest BCUT2D eigenvalue weighted by atomic mass is 10.2. The van der Waals surface area contributed by atoms with Gasteiger partial charge in [-0.05, 0) is 18.6 Å². The summed E-state index contributed by atoms with van der Waals surface area (Å²) in [6.07, 6.45) is 0.358. The Kier molecular flexibility index (Phi) is 4.97. The van der Waals surface area contributed by atoms with Gasteiger partial charge in [0.2, 0.25) is 0 Å². The van der Waals surface area contributed by atoms with Crippen LogP contribution in [0.1, 0.15) is 18.4 Å². The summed E-state index contributed by atoms with van der Waals surface area (Å²) in [5.74, 6) is -0.849. The zero-order valence-corrected chi connectivity index (χ0v) is 11.5. The van der Waals surface area contributed by atoms with Crippen LogP contribution in [0, 0.1) is 5.82 Å². The summed E-state index contributed by atoms with van der Waals surface area (Å²) >= 11 is 0. The number of urea groups is 1. The SMILES string of the molecule is O=C(O)CCCNC(=O)N1CCOc2cccc(F)c2C1. The Bertz CT molecular complexity index is 536. The maximum atomic E-state index is 13.8. The molecule has 0 spiro atoms. The topological polar surface area (TPSA) is 78.9 Å². The number of nitrogens with zero attached hydrogens (tertiary/aromatic N) is 1. The van der Waals surface area contributed by atoms with Gasteiger partial charge in [-0.3, -0.25) is 4.79 Å². The van der Waals surface area contributed by atoms with Crippen LogP contribution < -0.4 is 10.1 Å². The summed E-state index contributed by atoms with van der Waals surface area (Å²) in [6.45, 7) is 1.04. The molecule has 1 aliphatic heterocycles. The van der Waals surface area contributed by atoms with Crippen molar-refractivity contribution in [2.45, 2.75) is 19.4 Å². The lowest BCUT2D eigenvalue weighted by Gasteiger charge is -2.20. The normalized spacial score (nSPS) is 13.9. The van der Waals surface area contributed by atoms with Crippen LogP contribution in [0.25, 0.3) is 0 Å². The van der Waals surface area contributed by atoms with Gasteiger partial charge < -0.3 is 20.1 Å². The minimum Gasteiger partial charge on any atom is -0.491 e. The lowest BCUT2D eigenvalue weighted by Crippen LogP contribution is -2.41. The Morgan fingerprint density at radius 3 is 3.00 bits per heavy atom. The fourth-order valence-electron chi connectivity index (χ4n) is 2.08. The van der Waals surface area contributed by atoms with E-state index in [0.717, 1.165) is 0 Å². The molecule has 1 heterocycles. The molecule has 0 aliphatic carbocycles. The van der Waals surface area contributed by atoms with E-state index in [2.05, 4.69) is 5.32 Å². The van der Waals surface area contributed by atoms with Gasteiger partial charge in [0.1, 0.15) is 18.2 Å². The summed E-state index contributed by atoms with van der Waals surface area (Å²) < 4.78 is 19.2. The van der Waals surface area contributed by atoms with Gasteiger partial charge in [-0.15, -0.1) is 0 Å². The van der Waals surface area contributed by atoms with E-state index in [4.69, 9.17) is 9.84 Å². The number of nitrogens with one attached hydrogen (secondary N) is 1. The first kappa shape index (κ1) is 15.1. The van der Waals surface area contributed by atoms with Crippen molar-refractivity contribution < 1.29 is 23.8 Å². The number of hydrogen-bond acceptors (Lipinski definition) is 3. The predicted molar refractivity (Wildman–Crippen MR) is 72.6 cm³/mol. The number of ether oxygens (including phenoxy) is 1. The fraction of sp³-hybridized carbons (Fsp3) is 0.429. The van der Waals surface area contributed by atoms with Crippen molar-refractivity contribution in [2.24, 2.45) is 0 Å². The Balaban J connectivity index is 1.93. The molecule has 0 saturated carbocycles. The first-order valence-electron chi connectivity index (χ1n) is 6.72. The van der Waals surface area contributed by atoms with Gasteiger partial charge in [-0.1, -0.05) is 6.07 Å². The number of carboxylic acid groups (broad SMARTS) is 1. The molecule has 21 heavy (non-hydrogen) atoms. The number of carbonyl (C=O) groups is 2. The first-order valence-corrected chi connectivity index (χ1v) is 6.72. The molecule has 0 radical (unpaired) electrons. The van der Waals surface area contributed by atoms with E-state index in [0.29, 0.717) is 30.9 Å². The van der Waals surface area contributed by atoms with Crippen molar-refractivity contribution >= 4 is 12.0 Å². The van der Waals surface area contributed by atoms with Crippen LogP contribution in [0.5, 0.6) is 5.75 Å². The average molecular weight is 296 g/mol. The molecule has 0 bridgehead atoms. The van der Waals surface area contributed by atoms with Gasteiger partial charge in [0.15, 0.2) is 0 Å². The largest absolute Gasteiger partial charge is 0.491 e. The Hall–Kier alpha value is -2.31. The van der Waals surface area contributed by atoms with E-state index in [1.807, 2.05) is 0 Å². The Labute approximate surface area is 121 Å². The molecule has 2 N–H and O–H groups in total. The standard InChI is InChI=1S/C14H17FN2O4/c15-11-3-1-4-12-10(11)9-17(7-8-21-12)14(20)16-6-2-5-13(18)19/h1,3-4H,2,5-9H2,(H,16,20)(H,18,19). The van der Waals surface area contributed by atoms with Crippen molar-refractivity contribution in [1.29, 1.82) is 0 Å². The lowest BCUT2D eigenvalue weighted by molar-refractivity contribution is -0.137. The Morgan fingerprint density at radius 2 is 2.24 bits per heavy atom. The highest BCUT2D eigenvalue weighted by atomic mass is 19.1. The number of aliphatic carboxylic acids is 1. The van der Waals surface area contributed by atoms with Crippen molar-refractivity contribution in [3.05, 3.63) is 29.6 Å². The van der Waals surface area contributed by atoms with E-state index >= 15 is 0 Å². The number of halogens is 1. The van der Waals surface area contributed by atoms with Gasteiger partial charge in [-0.25, -0.2) is 9.18 Å². The fourth-order valence-corrected chi connectivity index (χ4v) is 2.08. The minimum atomic E-state index is -0.900. The maximum Gasteiger partial charge on any atom is 0.317 e. The van der Waals surface area contributed by atoms with E-state index in [-0.39, 0.29) is 25.5 Å². The molecule has 1 aromatic carbocycles. The zero-order valence-electron chi connectivity index (χ0n) is 11.5. The molecule has 0 aromatic heterocycles. The van der Waals surface area contributed by atoms with Crippen LogP contribution in [0.15, 0.2) is 18.2 Å². The van der Waals surface area contributed by atoms with Gasteiger partial charge in [-0.2, -0.15) is 0 Å². The van der Waals surface area contributed by atoms with Crippen LogP contribution in [-0.2, 0) is 11.3 Å². The summed E-state index contributed by atoms with van der Waals surface area (Å²) in [6, 6.07) is 4.22. The second-order valence-corrected chi connectivity index (χ2v) is 4.72. The average Bonchev–Trinajstić information content (AvgIpc) is 2.66. The highest BCUT2D eigenvalue weighted by molar-refractivity contribution is 5.74. The van der Waals surface area contributed by atoms with Gasteiger partial charge in [0.25, 0.3) is 0 Å². The van der Waals surface area contributed by atoms with Crippen LogP contribution >= 0.6 is 0 Å². The summed E-state index contributed by atoms with van der Waals surface area (Å²) in [4.78, 5) is 23.8. The van der Waals surface area contributed by atoms with Crippen molar-refractivity contribution in [3.8, 4) is 5.75 Å². The molecule has 2 amide bonds. The summed E-state index contributed by atoms with van der Waals surface area (Å²) in [5, 5.41) is 11.2. The smallest absolute Gasteiger partial charge is 0.317 e. The second kappa shape index (κ2) is 6.92. The van der Waals surface area contributed by atoms with Gasteiger partial charge in [0.05, 0.1) is 13.1 Å². The third-order valence-corrected chi connectivity index (χ3v) is 3.17. The van der Waals surface area contributed by atoms with E-state index in [1.165, 1.54) is 11.0 Å². The van der Waals surface area contributed by atoms with Crippen LogP contribution in [-0.4, -0.2) is 41.7 Å². The maximum absolute atomic E-state index is 13.8. The summed E-state index contributed by atoms with van der Waals surface area (Å²) in [5.41, 5.74) is 0.357. The van der Waals surface area contributed by atoms with Gasteiger partial charge in [0, 0.05) is 18.5 Å². The Morgan fingerprint density at radius 1 is 1.43 bits per heavy atom. The van der Waals surface area contributed by atoms with Crippen molar-refractivity contribution in [2.75, 3.05) is 19.7 Å². The molecule has 0 fully saturated rings. The molecule has 1 aliphatic rings. The molecule has 1 aromatic rings. The number of fused-ring (bicyclic) bond motifs is 1. The molecule has 0 unspecified atom stereocenters. The highest BCUT2D eigenvalue weighted by Crippen LogP contribution is 2.25. The third-order valence-electron chi connectivity index (χ3n) is 3.17. The molecular formula is C14H17FN2O4. The quantitative estimate of drug-likeness (QED) is 0.827. The second-order valence-electron chi connectivity index (χ2n) is 4.72. The predicted octanol–water partition coefficient (Wildman–Crippen LogP) is 1.59. The van der Waals surface area contributed by atoms with Crippen LogP contribution in [0.3, 0.4) is 0 Å². The number of carbonyl (C=O) groups excluding carboxylic acids is 1. The first-order chi connectivity index (χ1) is 10.1. The molecular weight excluding hydrogens is 279 g/mol. The molecule has 114 valence electrons. The van der Waals surface area contributed by atoms with Crippen molar-refractivity contribution in [1.82, 2.24) is 10.2 Å².